The average Bonchev–Trinajstić information content (AvgIpc) is 2.63. The lowest BCUT2D eigenvalue weighted by Crippen LogP contribution is -1.96. The highest BCUT2D eigenvalue weighted by molar-refractivity contribution is 5.50. The van der Waals surface area contributed by atoms with Gasteiger partial charge in [-0.05, 0) is 48.1 Å². The molecule has 128 valence electrons. The van der Waals surface area contributed by atoms with E-state index < -0.39 is 0 Å². The molecule has 0 aliphatic carbocycles. The topological polar surface area (TPSA) is 9.23 Å². The number of unbranched alkanes of at least 4 members (excludes halogenated alkanes) is 3. The van der Waals surface area contributed by atoms with Crippen LogP contribution in [0.4, 0.5) is 0 Å². The summed E-state index contributed by atoms with van der Waals surface area (Å²) in [5.74, 6) is 0.926. The van der Waals surface area contributed by atoms with Crippen LogP contribution in [-0.4, -0.2) is 0 Å². The molecular formula is C23H30O. The average molecular weight is 322 g/mol. The SMILES string of the molecule is CCC/C=C/c1ccc(OCc2ccc(CCCCC)cc2)cc1. The van der Waals surface area contributed by atoms with E-state index >= 15 is 0 Å². The second-order valence-corrected chi connectivity index (χ2v) is 6.32. The van der Waals surface area contributed by atoms with Crippen molar-refractivity contribution < 1.29 is 4.74 Å². The van der Waals surface area contributed by atoms with E-state index in [-0.39, 0.29) is 0 Å². The normalized spacial score (nSPS) is 11.1. The van der Waals surface area contributed by atoms with Gasteiger partial charge in [0.15, 0.2) is 0 Å². The molecule has 0 aliphatic heterocycles. The van der Waals surface area contributed by atoms with Gasteiger partial charge in [-0.3, -0.25) is 0 Å². The molecule has 0 bridgehead atoms. The summed E-state index contributed by atoms with van der Waals surface area (Å²) in [5.41, 5.74) is 3.88. The van der Waals surface area contributed by atoms with Gasteiger partial charge in [0, 0.05) is 0 Å². The van der Waals surface area contributed by atoms with Crippen LogP contribution in [0.25, 0.3) is 6.08 Å². The van der Waals surface area contributed by atoms with Crippen LogP contribution < -0.4 is 4.74 Å². The largest absolute Gasteiger partial charge is 0.489 e. The second kappa shape index (κ2) is 10.7. The summed E-state index contributed by atoms with van der Waals surface area (Å²) >= 11 is 0. The third kappa shape index (κ3) is 6.62. The van der Waals surface area contributed by atoms with Crippen molar-refractivity contribution in [2.24, 2.45) is 0 Å². The van der Waals surface area contributed by atoms with Crippen molar-refractivity contribution in [1.82, 2.24) is 0 Å². The summed E-state index contributed by atoms with van der Waals surface area (Å²) in [6.45, 7) is 5.06. The maximum atomic E-state index is 5.89. The quantitative estimate of drug-likeness (QED) is 0.436. The monoisotopic (exact) mass is 322 g/mol. The first-order valence-electron chi connectivity index (χ1n) is 9.29. The first kappa shape index (κ1) is 18.3. The van der Waals surface area contributed by atoms with Crippen molar-refractivity contribution in [2.45, 2.75) is 59.0 Å². The van der Waals surface area contributed by atoms with E-state index in [0.29, 0.717) is 6.61 Å². The number of hydrogen-bond donors (Lipinski definition) is 0. The summed E-state index contributed by atoms with van der Waals surface area (Å²) in [4.78, 5) is 0. The van der Waals surface area contributed by atoms with E-state index in [4.69, 9.17) is 4.74 Å². The molecule has 0 heterocycles. The highest BCUT2D eigenvalue weighted by Crippen LogP contribution is 2.16. The molecule has 0 amide bonds. The summed E-state index contributed by atoms with van der Waals surface area (Å²) in [7, 11) is 0. The van der Waals surface area contributed by atoms with Crippen molar-refractivity contribution >= 4 is 6.08 Å². The zero-order valence-electron chi connectivity index (χ0n) is 15.1. The lowest BCUT2D eigenvalue weighted by Gasteiger charge is -2.08. The van der Waals surface area contributed by atoms with Crippen LogP contribution in [0.1, 0.15) is 62.6 Å². The maximum Gasteiger partial charge on any atom is 0.119 e. The third-order valence-corrected chi connectivity index (χ3v) is 4.14. The van der Waals surface area contributed by atoms with Gasteiger partial charge >= 0.3 is 0 Å². The van der Waals surface area contributed by atoms with Gasteiger partial charge in [-0.2, -0.15) is 0 Å². The minimum atomic E-state index is 0.625. The number of rotatable bonds is 10. The molecule has 2 aromatic rings. The fourth-order valence-corrected chi connectivity index (χ4v) is 2.61. The van der Waals surface area contributed by atoms with Gasteiger partial charge in [-0.25, -0.2) is 0 Å². The molecule has 0 atom stereocenters. The number of benzene rings is 2. The standard InChI is InChI=1S/C23H30O/c1-3-5-7-9-20-11-13-22(14-12-20)19-24-23-17-15-21(16-18-23)10-8-6-4-2/h8,10-18H,3-7,9,19H2,1-2H3/b10-8+. The van der Waals surface area contributed by atoms with Crippen molar-refractivity contribution in [2.75, 3.05) is 0 Å². The highest BCUT2D eigenvalue weighted by Gasteiger charge is 1.98. The van der Waals surface area contributed by atoms with Gasteiger partial charge in [0.2, 0.25) is 0 Å². The molecule has 1 nitrogen and oxygen atoms in total. The fraction of sp³-hybridized carbons (Fsp3) is 0.391. The first-order valence-corrected chi connectivity index (χ1v) is 9.29. The lowest BCUT2D eigenvalue weighted by atomic mass is 10.1. The zero-order chi connectivity index (χ0) is 17.0. The molecule has 0 unspecified atom stereocenters. The van der Waals surface area contributed by atoms with E-state index in [0.717, 1.165) is 12.2 Å². The molecule has 0 fully saturated rings. The Morgan fingerprint density at radius 1 is 0.792 bits per heavy atom. The van der Waals surface area contributed by atoms with E-state index in [9.17, 15) is 0 Å². The molecule has 0 aromatic heterocycles. The molecule has 0 radical (unpaired) electrons. The van der Waals surface area contributed by atoms with E-state index in [1.165, 1.54) is 48.8 Å². The van der Waals surface area contributed by atoms with E-state index in [1.54, 1.807) is 0 Å². The van der Waals surface area contributed by atoms with Crippen LogP contribution in [0.3, 0.4) is 0 Å². The van der Waals surface area contributed by atoms with Crippen molar-refractivity contribution in [3.8, 4) is 5.75 Å². The van der Waals surface area contributed by atoms with Crippen LogP contribution >= 0.6 is 0 Å². The molecule has 1 heteroatoms. The second-order valence-electron chi connectivity index (χ2n) is 6.32. The first-order chi connectivity index (χ1) is 11.8. The predicted octanol–water partition coefficient (Wildman–Crippen LogP) is 6.81. The molecular weight excluding hydrogens is 292 g/mol. The Balaban J connectivity index is 1.80. The van der Waals surface area contributed by atoms with Gasteiger partial charge in [0.1, 0.15) is 12.4 Å². The Bertz CT molecular complexity index is 593. The number of hydrogen-bond acceptors (Lipinski definition) is 1. The number of ether oxygens (including phenoxy) is 1. The van der Waals surface area contributed by atoms with Crippen LogP contribution in [0.15, 0.2) is 54.6 Å². The van der Waals surface area contributed by atoms with Crippen molar-refractivity contribution in [1.29, 1.82) is 0 Å². The van der Waals surface area contributed by atoms with E-state index in [2.05, 4.69) is 62.4 Å². The Morgan fingerprint density at radius 3 is 2.17 bits per heavy atom. The number of allylic oxidation sites excluding steroid dienone is 1. The third-order valence-electron chi connectivity index (χ3n) is 4.14. The van der Waals surface area contributed by atoms with Crippen molar-refractivity contribution in [3.05, 3.63) is 71.3 Å². The molecule has 0 saturated carbocycles. The lowest BCUT2D eigenvalue weighted by molar-refractivity contribution is 0.306. The Morgan fingerprint density at radius 2 is 1.50 bits per heavy atom. The van der Waals surface area contributed by atoms with Crippen molar-refractivity contribution in [3.63, 3.8) is 0 Å². The highest BCUT2D eigenvalue weighted by atomic mass is 16.5. The zero-order valence-corrected chi connectivity index (χ0v) is 15.1. The minimum absolute atomic E-state index is 0.625. The molecule has 0 saturated heterocycles. The van der Waals surface area contributed by atoms with Crippen LogP contribution in [0.2, 0.25) is 0 Å². The van der Waals surface area contributed by atoms with Gasteiger partial charge in [-0.1, -0.05) is 81.7 Å². The molecule has 2 aromatic carbocycles. The summed E-state index contributed by atoms with van der Waals surface area (Å²) < 4.78 is 5.89. The van der Waals surface area contributed by atoms with Gasteiger partial charge in [-0.15, -0.1) is 0 Å². The van der Waals surface area contributed by atoms with Crippen LogP contribution in [0, 0.1) is 0 Å². The molecule has 2 rings (SSSR count). The van der Waals surface area contributed by atoms with Crippen LogP contribution in [0.5, 0.6) is 5.75 Å². The van der Waals surface area contributed by atoms with Gasteiger partial charge < -0.3 is 4.74 Å². The fourth-order valence-electron chi connectivity index (χ4n) is 2.61. The Labute approximate surface area is 147 Å². The smallest absolute Gasteiger partial charge is 0.119 e. The Kier molecular flexibility index (Phi) is 8.17. The Hall–Kier alpha value is -2.02. The minimum Gasteiger partial charge on any atom is -0.489 e. The molecule has 0 spiro atoms. The van der Waals surface area contributed by atoms with Gasteiger partial charge in [0.05, 0.1) is 0 Å². The summed E-state index contributed by atoms with van der Waals surface area (Å²) in [6, 6.07) is 17.1. The summed E-state index contributed by atoms with van der Waals surface area (Å²) in [5, 5.41) is 0. The van der Waals surface area contributed by atoms with Gasteiger partial charge in [0.25, 0.3) is 0 Å². The molecule has 0 N–H and O–H groups in total. The maximum absolute atomic E-state index is 5.89. The summed E-state index contributed by atoms with van der Waals surface area (Å²) in [6.07, 6.45) is 11.8. The van der Waals surface area contributed by atoms with E-state index in [1.807, 2.05) is 12.1 Å². The number of aryl methyl sites for hydroxylation is 1. The molecule has 24 heavy (non-hydrogen) atoms. The predicted molar refractivity (Wildman–Crippen MR) is 104 cm³/mol. The molecule has 0 aliphatic rings. The van der Waals surface area contributed by atoms with Crippen LogP contribution in [-0.2, 0) is 13.0 Å².